The summed E-state index contributed by atoms with van der Waals surface area (Å²) in [5, 5.41) is 0.937. The van der Waals surface area contributed by atoms with Gasteiger partial charge in [0.1, 0.15) is 0 Å². The van der Waals surface area contributed by atoms with E-state index in [1.807, 2.05) is 0 Å². The fourth-order valence-electron chi connectivity index (χ4n) is 1.44. The molecule has 0 aromatic rings. The summed E-state index contributed by atoms with van der Waals surface area (Å²) in [7, 11) is 0. The maximum absolute atomic E-state index is 5.60. The molecule has 0 atom stereocenters. The lowest BCUT2D eigenvalue weighted by Gasteiger charge is -2.20. The van der Waals surface area contributed by atoms with E-state index < -0.39 is 0 Å². The molecule has 0 aromatic carbocycles. The predicted molar refractivity (Wildman–Crippen MR) is 50.1 cm³/mol. The summed E-state index contributed by atoms with van der Waals surface area (Å²) in [4.78, 5) is 0. The molecular weight excluding hydrogens is 164 g/mol. The predicted octanol–water partition coefficient (Wildman–Crippen LogP) is 3.29. The molecule has 1 rings (SSSR count). The van der Waals surface area contributed by atoms with Crippen molar-refractivity contribution >= 4 is 23.4 Å². The molecule has 0 spiro atoms. The van der Waals surface area contributed by atoms with Crippen molar-refractivity contribution in [1.29, 1.82) is 0 Å². The third kappa shape index (κ3) is 3.16. The van der Waals surface area contributed by atoms with Gasteiger partial charge in [0.2, 0.25) is 0 Å². The van der Waals surface area contributed by atoms with E-state index in [1.54, 1.807) is 0 Å². The quantitative estimate of drug-likeness (QED) is 0.598. The Morgan fingerprint density at radius 2 is 1.90 bits per heavy atom. The van der Waals surface area contributed by atoms with Crippen molar-refractivity contribution in [2.75, 3.05) is 11.6 Å². The molecule has 1 aliphatic carbocycles. The Labute approximate surface area is 72.7 Å². The molecule has 0 amide bonds. The van der Waals surface area contributed by atoms with Crippen LogP contribution in [0.4, 0.5) is 0 Å². The highest BCUT2D eigenvalue weighted by molar-refractivity contribution is 7.99. The highest BCUT2D eigenvalue weighted by Gasteiger charge is 2.12. The molecule has 0 radical (unpaired) electrons. The fourth-order valence-corrected chi connectivity index (χ4v) is 2.80. The van der Waals surface area contributed by atoms with Crippen molar-refractivity contribution in [1.82, 2.24) is 0 Å². The highest BCUT2D eigenvalue weighted by atomic mass is 35.5. The van der Waals surface area contributed by atoms with Gasteiger partial charge in [0.05, 0.1) is 0 Å². The minimum atomic E-state index is 0.821. The average molecular weight is 179 g/mol. The van der Waals surface area contributed by atoms with E-state index in [2.05, 4.69) is 11.8 Å². The van der Waals surface area contributed by atoms with Crippen LogP contribution in [0.2, 0.25) is 0 Å². The zero-order chi connectivity index (χ0) is 7.23. The zero-order valence-corrected chi connectivity index (χ0v) is 7.89. The third-order valence-corrected chi connectivity index (χ3v) is 3.78. The zero-order valence-electron chi connectivity index (χ0n) is 6.31. The largest absolute Gasteiger partial charge is 0.157 e. The van der Waals surface area contributed by atoms with E-state index in [-0.39, 0.29) is 0 Å². The minimum absolute atomic E-state index is 0.821. The first-order chi connectivity index (χ1) is 4.93. The van der Waals surface area contributed by atoms with Gasteiger partial charge in [-0.05, 0) is 12.8 Å². The minimum Gasteiger partial charge on any atom is -0.157 e. The number of thioether (sulfide) groups is 1. The molecule has 1 aliphatic rings. The van der Waals surface area contributed by atoms with E-state index in [0.29, 0.717) is 0 Å². The molecule has 1 saturated carbocycles. The summed E-state index contributed by atoms with van der Waals surface area (Å²) in [6, 6.07) is 0. The van der Waals surface area contributed by atoms with E-state index in [0.717, 1.165) is 16.9 Å². The molecule has 60 valence electrons. The van der Waals surface area contributed by atoms with Crippen molar-refractivity contribution in [2.24, 2.45) is 0 Å². The average Bonchev–Trinajstić information content (AvgIpc) is 2.03. The molecule has 0 saturated heterocycles. The van der Waals surface area contributed by atoms with Gasteiger partial charge < -0.3 is 0 Å². The maximum Gasteiger partial charge on any atom is 0.0314 e. The molecule has 0 unspecified atom stereocenters. The molecular formula is C8H15ClS. The lowest BCUT2D eigenvalue weighted by molar-refractivity contribution is 0.516. The Hall–Kier alpha value is 0.640. The molecule has 0 bridgehead atoms. The van der Waals surface area contributed by atoms with E-state index >= 15 is 0 Å². The number of halogens is 1. The Bertz CT molecular complexity index is 79.3. The van der Waals surface area contributed by atoms with Gasteiger partial charge in [-0.3, -0.25) is 0 Å². The molecule has 0 aliphatic heterocycles. The van der Waals surface area contributed by atoms with Crippen molar-refractivity contribution in [3.8, 4) is 0 Å². The molecule has 1 fully saturated rings. The first-order valence-electron chi connectivity index (χ1n) is 4.11. The first kappa shape index (κ1) is 8.73. The van der Waals surface area contributed by atoms with Crippen LogP contribution in [0.1, 0.15) is 32.1 Å². The standard InChI is InChI=1S/C8H15ClS/c9-6-7-10-8-4-2-1-3-5-8/h8H,1-7H2. The second-order valence-corrected chi connectivity index (χ2v) is 4.61. The van der Waals surface area contributed by atoms with Crippen LogP contribution < -0.4 is 0 Å². The summed E-state index contributed by atoms with van der Waals surface area (Å²) >= 11 is 7.67. The fraction of sp³-hybridized carbons (Fsp3) is 1.00. The smallest absolute Gasteiger partial charge is 0.0314 e. The second-order valence-electron chi connectivity index (χ2n) is 2.82. The maximum atomic E-state index is 5.60. The van der Waals surface area contributed by atoms with Gasteiger partial charge in [0.25, 0.3) is 0 Å². The van der Waals surface area contributed by atoms with Crippen LogP contribution in [0.25, 0.3) is 0 Å². The summed E-state index contributed by atoms with van der Waals surface area (Å²) in [6.45, 7) is 0. The van der Waals surface area contributed by atoms with E-state index in [1.165, 1.54) is 32.1 Å². The van der Waals surface area contributed by atoms with Gasteiger partial charge in [-0.2, -0.15) is 11.8 Å². The summed E-state index contributed by atoms with van der Waals surface area (Å²) in [5.74, 6) is 1.97. The number of rotatable bonds is 3. The first-order valence-corrected chi connectivity index (χ1v) is 5.69. The van der Waals surface area contributed by atoms with Crippen LogP contribution in [-0.2, 0) is 0 Å². The van der Waals surface area contributed by atoms with Gasteiger partial charge in [-0.25, -0.2) is 0 Å². The SMILES string of the molecule is ClCCSC1CCCCC1. The van der Waals surface area contributed by atoms with E-state index in [4.69, 9.17) is 11.6 Å². The van der Waals surface area contributed by atoms with Crippen LogP contribution >= 0.6 is 23.4 Å². The van der Waals surface area contributed by atoms with Crippen molar-refractivity contribution in [3.63, 3.8) is 0 Å². The Balaban J connectivity index is 2.02. The van der Waals surface area contributed by atoms with Crippen LogP contribution in [-0.4, -0.2) is 16.9 Å². The lowest BCUT2D eigenvalue weighted by Crippen LogP contribution is -2.08. The summed E-state index contributed by atoms with van der Waals surface area (Å²) in [6.07, 6.45) is 7.21. The highest BCUT2D eigenvalue weighted by Crippen LogP contribution is 2.27. The van der Waals surface area contributed by atoms with Crippen LogP contribution in [0, 0.1) is 0 Å². The normalized spacial score (nSPS) is 21.3. The number of hydrogen-bond acceptors (Lipinski definition) is 1. The summed E-state index contributed by atoms with van der Waals surface area (Å²) < 4.78 is 0. The topological polar surface area (TPSA) is 0 Å². The van der Waals surface area contributed by atoms with Crippen LogP contribution in [0.15, 0.2) is 0 Å². The van der Waals surface area contributed by atoms with Crippen molar-refractivity contribution in [2.45, 2.75) is 37.4 Å². The molecule has 10 heavy (non-hydrogen) atoms. The molecule has 0 aromatic heterocycles. The van der Waals surface area contributed by atoms with Gasteiger partial charge >= 0.3 is 0 Å². The molecule has 2 heteroatoms. The van der Waals surface area contributed by atoms with Gasteiger partial charge in [-0.1, -0.05) is 19.3 Å². The van der Waals surface area contributed by atoms with Gasteiger partial charge in [0.15, 0.2) is 0 Å². The molecule has 0 N–H and O–H groups in total. The Morgan fingerprint density at radius 3 is 2.50 bits per heavy atom. The number of alkyl halides is 1. The lowest BCUT2D eigenvalue weighted by atomic mass is 10.0. The van der Waals surface area contributed by atoms with Crippen molar-refractivity contribution < 1.29 is 0 Å². The van der Waals surface area contributed by atoms with Crippen LogP contribution in [0.3, 0.4) is 0 Å². The van der Waals surface area contributed by atoms with Gasteiger partial charge in [-0.15, -0.1) is 11.6 Å². The van der Waals surface area contributed by atoms with Gasteiger partial charge in [0, 0.05) is 16.9 Å². The monoisotopic (exact) mass is 178 g/mol. The number of hydrogen-bond donors (Lipinski definition) is 0. The summed E-state index contributed by atoms with van der Waals surface area (Å²) in [5.41, 5.74) is 0. The van der Waals surface area contributed by atoms with Crippen molar-refractivity contribution in [3.05, 3.63) is 0 Å². The Morgan fingerprint density at radius 1 is 1.20 bits per heavy atom. The molecule has 0 heterocycles. The Kier molecular flexibility index (Phi) is 4.64. The second kappa shape index (κ2) is 5.31. The van der Waals surface area contributed by atoms with E-state index in [9.17, 15) is 0 Å². The molecule has 0 nitrogen and oxygen atoms in total. The van der Waals surface area contributed by atoms with Crippen LogP contribution in [0.5, 0.6) is 0 Å². The third-order valence-electron chi connectivity index (χ3n) is 1.98.